The number of carbonyl (C=O) groups excluding carboxylic acids is 1. The second-order valence-corrected chi connectivity index (χ2v) is 8.20. The lowest BCUT2D eigenvalue weighted by molar-refractivity contribution is -0.157. The zero-order chi connectivity index (χ0) is 19.9. The second kappa shape index (κ2) is 7.34. The highest BCUT2D eigenvalue weighted by Crippen LogP contribution is 2.52. The van der Waals surface area contributed by atoms with Crippen molar-refractivity contribution in [2.24, 2.45) is 5.92 Å². The molecule has 2 aromatic carbocycles. The number of esters is 1. The third-order valence-electron chi connectivity index (χ3n) is 5.75. The number of halogens is 2. The summed E-state index contributed by atoms with van der Waals surface area (Å²) in [5.74, 6) is -2.23. The van der Waals surface area contributed by atoms with Crippen molar-refractivity contribution < 1.29 is 19.7 Å². The van der Waals surface area contributed by atoms with E-state index >= 15 is 0 Å². The van der Waals surface area contributed by atoms with Crippen LogP contribution in [0.15, 0.2) is 54.0 Å². The molecule has 0 radical (unpaired) electrons. The molecular formula is C22H20Cl2O4. The van der Waals surface area contributed by atoms with E-state index in [4.69, 9.17) is 27.9 Å². The summed E-state index contributed by atoms with van der Waals surface area (Å²) in [6, 6.07) is 12.8. The number of benzene rings is 2. The average Bonchev–Trinajstić information content (AvgIpc) is 2.94. The topological polar surface area (TPSA) is 66.8 Å². The molecule has 4 nitrogen and oxygen atoms in total. The summed E-state index contributed by atoms with van der Waals surface area (Å²) >= 11 is 12.6. The Bertz CT molecular complexity index is 946. The van der Waals surface area contributed by atoms with Crippen LogP contribution in [-0.4, -0.2) is 16.2 Å². The quantitative estimate of drug-likeness (QED) is 0.572. The predicted molar refractivity (Wildman–Crippen MR) is 109 cm³/mol. The molecule has 1 saturated carbocycles. The Hall–Kier alpha value is -2.17. The molecular weight excluding hydrogens is 399 g/mol. The minimum absolute atomic E-state index is 0.145. The first kappa shape index (κ1) is 19.2. The van der Waals surface area contributed by atoms with Crippen molar-refractivity contribution in [2.75, 3.05) is 0 Å². The summed E-state index contributed by atoms with van der Waals surface area (Å²) in [5, 5.41) is 21.8. The fraction of sp³-hybridized carbons (Fsp3) is 0.318. The highest BCUT2D eigenvalue weighted by Gasteiger charge is 2.56. The van der Waals surface area contributed by atoms with Gasteiger partial charge in [0, 0.05) is 21.5 Å². The monoisotopic (exact) mass is 418 g/mol. The third kappa shape index (κ3) is 3.05. The first-order valence-corrected chi connectivity index (χ1v) is 10.1. The average molecular weight is 419 g/mol. The Balaban J connectivity index is 1.81. The molecule has 1 fully saturated rings. The fourth-order valence-electron chi connectivity index (χ4n) is 4.34. The van der Waals surface area contributed by atoms with Crippen LogP contribution in [0.3, 0.4) is 0 Å². The lowest BCUT2D eigenvalue weighted by atomic mass is 9.72. The molecule has 1 aliphatic carbocycles. The van der Waals surface area contributed by atoms with E-state index in [9.17, 15) is 15.0 Å². The zero-order valence-electron chi connectivity index (χ0n) is 15.1. The van der Waals surface area contributed by atoms with E-state index in [1.165, 1.54) is 0 Å². The van der Waals surface area contributed by atoms with E-state index in [0.29, 0.717) is 15.6 Å². The van der Waals surface area contributed by atoms with Gasteiger partial charge in [-0.15, -0.1) is 0 Å². The molecule has 1 heterocycles. The molecule has 6 heteroatoms. The summed E-state index contributed by atoms with van der Waals surface area (Å²) in [5.41, 5.74) is 0.877. The summed E-state index contributed by atoms with van der Waals surface area (Å²) in [7, 11) is 0. The summed E-state index contributed by atoms with van der Waals surface area (Å²) < 4.78 is 5.63. The molecule has 146 valence electrons. The minimum Gasteiger partial charge on any atom is -0.505 e. The van der Waals surface area contributed by atoms with Gasteiger partial charge < -0.3 is 14.9 Å². The van der Waals surface area contributed by atoms with Gasteiger partial charge >= 0.3 is 5.97 Å². The number of rotatable bonds is 3. The highest BCUT2D eigenvalue weighted by atomic mass is 35.5. The zero-order valence-corrected chi connectivity index (χ0v) is 16.6. The van der Waals surface area contributed by atoms with Gasteiger partial charge in [-0.3, -0.25) is 0 Å². The maximum atomic E-state index is 12.1. The summed E-state index contributed by atoms with van der Waals surface area (Å²) in [6.45, 7) is 0. The normalized spacial score (nSPS) is 23.1. The van der Waals surface area contributed by atoms with Crippen LogP contribution in [0.25, 0.3) is 11.1 Å². The molecule has 1 aliphatic heterocycles. The first-order chi connectivity index (χ1) is 13.4. The molecule has 2 aliphatic rings. The largest absolute Gasteiger partial charge is 0.505 e. The molecule has 1 atom stereocenters. The van der Waals surface area contributed by atoms with Gasteiger partial charge in [0.05, 0.1) is 0 Å². The van der Waals surface area contributed by atoms with Crippen LogP contribution < -0.4 is 0 Å². The first-order valence-electron chi connectivity index (χ1n) is 9.35. The van der Waals surface area contributed by atoms with E-state index in [0.717, 1.165) is 43.2 Å². The van der Waals surface area contributed by atoms with Crippen LogP contribution in [0.1, 0.15) is 37.7 Å². The van der Waals surface area contributed by atoms with Gasteiger partial charge in [0.15, 0.2) is 5.76 Å². The summed E-state index contributed by atoms with van der Waals surface area (Å²) in [4.78, 5) is 12.1. The van der Waals surface area contributed by atoms with Crippen molar-refractivity contribution in [1.82, 2.24) is 0 Å². The van der Waals surface area contributed by atoms with Crippen molar-refractivity contribution >= 4 is 29.2 Å². The molecule has 0 amide bonds. The SMILES string of the molecule is O=C1OC(c2ccc(-c3ccc(Cl)cc3)cc2Cl)(C2CCCCC2)C(O)=C1O. The van der Waals surface area contributed by atoms with Gasteiger partial charge in [-0.05, 0) is 42.2 Å². The Morgan fingerprint density at radius 2 is 1.57 bits per heavy atom. The predicted octanol–water partition coefficient (Wildman–Crippen LogP) is 6.32. The van der Waals surface area contributed by atoms with Crippen LogP contribution in [-0.2, 0) is 15.1 Å². The van der Waals surface area contributed by atoms with Crippen molar-refractivity contribution in [3.63, 3.8) is 0 Å². The van der Waals surface area contributed by atoms with Crippen LogP contribution in [0.2, 0.25) is 10.0 Å². The molecule has 0 saturated heterocycles. The number of cyclic esters (lactones) is 1. The molecule has 2 N–H and O–H groups in total. The third-order valence-corrected chi connectivity index (χ3v) is 6.31. The molecule has 1 unspecified atom stereocenters. The molecule has 0 bridgehead atoms. The smallest absolute Gasteiger partial charge is 0.378 e. The van der Waals surface area contributed by atoms with Crippen LogP contribution in [0.4, 0.5) is 0 Å². The van der Waals surface area contributed by atoms with Crippen LogP contribution in [0.5, 0.6) is 0 Å². The lowest BCUT2D eigenvalue weighted by Gasteiger charge is -2.38. The van der Waals surface area contributed by atoms with Gasteiger partial charge in [-0.2, -0.15) is 0 Å². The van der Waals surface area contributed by atoms with Crippen molar-refractivity contribution in [2.45, 2.75) is 37.7 Å². The molecule has 2 aromatic rings. The van der Waals surface area contributed by atoms with Gasteiger partial charge in [0.1, 0.15) is 0 Å². The highest BCUT2D eigenvalue weighted by molar-refractivity contribution is 6.32. The molecule has 0 spiro atoms. The van der Waals surface area contributed by atoms with Gasteiger partial charge in [-0.25, -0.2) is 4.79 Å². The van der Waals surface area contributed by atoms with Crippen molar-refractivity contribution in [3.05, 3.63) is 69.6 Å². The number of aliphatic hydroxyl groups is 2. The Labute approximate surface area is 173 Å². The Morgan fingerprint density at radius 1 is 0.929 bits per heavy atom. The van der Waals surface area contributed by atoms with Crippen LogP contribution in [0, 0.1) is 5.92 Å². The number of aliphatic hydroxyl groups excluding tert-OH is 2. The Kier molecular flexibility index (Phi) is 5.02. The van der Waals surface area contributed by atoms with Gasteiger partial charge in [0.25, 0.3) is 0 Å². The number of carbonyl (C=O) groups is 1. The van der Waals surface area contributed by atoms with Crippen molar-refractivity contribution in [3.8, 4) is 11.1 Å². The number of hydrogen-bond acceptors (Lipinski definition) is 4. The maximum Gasteiger partial charge on any atom is 0.378 e. The maximum absolute atomic E-state index is 12.1. The molecule has 28 heavy (non-hydrogen) atoms. The van der Waals surface area contributed by atoms with E-state index in [1.54, 1.807) is 24.3 Å². The van der Waals surface area contributed by atoms with Crippen molar-refractivity contribution in [1.29, 1.82) is 0 Å². The molecule has 0 aromatic heterocycles. The van der Waals surface area contributed by atoms with Gasteiger partial charge in [-0.1, -0.05) is 66.7 Å². The van der Waals surface area contributed by atoms with E-state index in [2.05, 4.69) is 0 Å². The van der Waals surface area contributed by atoms with E-state index < -0.39 is 23.1 Å². The second-order valence-electron chi connectivity index (χ2n) is 7.36. The number of ether oxygens (including phenoxy) is 1. The molecule has 4 rings (SSSR count). The fourth-order valence-corrected chi connectivity index (χ4v) is 4.79. The van der Waals surface area contributed by atoms with E-state index in [1.807, 2.05) is 18.2 Å². The number of hydrogen-bond donors (Lipinski definition) is 2. The standard InChI is InChI=1S/C22H20Cl2O4/c23-16-9-6-13(7-10-16)14-8-11-17(18(24)12-14)22(15-4-2-1-3-5-15)20(26)19(25)21(27)28-22/h6-12,15,25-26H,1-5H2. The van der Waals surface area contributed by atoms with Gasteiger partial charge in [0.2, 0.25) is 11.4 Å². The Morgan fingerprint density at radius 3 is 2.14 bits per heavy atom. The van der Waals surface area contributed by atoms with Crippen LogP contribution >= 0.6 is 23.2 Å². The summed E-state index contributed by atoms with van der Waals surface area (Å²) in [6.07, 6.45) is 4.59. The van der Waals surface area contributed by atoms with E-state index in [-0.39, 0.29) is 5.92 Å². The lowest BCUT2D eigenvalue weighted by Crippen LogP contribution is -2.39. The minimum atomic E-state index is -1.43.